The number of hydrogen-bond acceptors (Lipinski definition) is 7. The molecule has 27 heavy (non-hydrogen) atoms. The quantitative estimate of drug-likeness (QED) is 0.263. The van der Waals surface area contributed by atoms with Crippen molar-refractivity contribution >= 4 is 34.5 Å². The van der Waals surface area contributed by atoms with Crippen LogP contribution in [0.5, 0.6) is 0 Å². The lowest BCUT2D eigenvalue weighted by Gasteiger charge is -2.11. The molecule has 0 radical (unpaired) electrons. The zero-order chi connectivity index (χ0) is 19.6. The van der Waals surface area contributed by atoms with Crippen molar-refractivity contribution in [2.75, 3.05) is 31.6 Å². The molecule has 1 amide bonds. The largest absolute Gasteiger partial charge is 0.380 e. The molecule has 148 valence electrons. The highest BCUT2D eigenvalue weighted by Gasteiger charge is 2.14. The highest BCUT2D eigenvalue weighted by Crippen LogP contribution is 2.26. The van der Waals surface area contributed by atoms with E-state index in [2.05, 4.69) is 39.5 Å². The van der Waals surface area contributed by atoms with E-state index in [9.17, 15) is 4.79 Å². The fourth-order valence-electron chi connectivity index (χ4n) is 2.38. The molecular formula is C18H28N6O2S. The Balaban J connectivity index is 2.19. The van der Waals surface area contributed by atoms with Crippen LogP contribution in [0.3, 0.4) is 0 Å². The van der Waals surface area contributed by atoms with Crippen LogP contribution < -0.4 is 10.6 Å². The molecule has 0 atom stereocenters. The first-order chi connectivity index (χ1) is 13.0. The van der Waals surface area contributed by atoms with Crippen molar-refractivity contribution in [1.29, 1.82) is 0 Å². The van der Waals surface area contributed by atoms with Crippen LogP contribution >= 0.6 is 11.8 Å². The van der Waals surface area contributed by atoms with E-state index in [0.29, 0.717) is 43.3 Å². The highest BCUT2D eigenvalue weighted by atomic mass is 32.2. The van der Waals surface area contributed by atoms with Crippen molar-refractivity contribution in [2.24, 2.45) is 0 Å². The number of ether oxygens (including phenoxy) is 1. The van der Waals surface area contributed by atoms with E-state index in [-0.39, 0.29) is 5.91 Å². The monoisotopic (exact) mass is 392 g/mol. The van der Waals surface area contributed by atoms with E-state index in [1.165, 1.54) is 6.08 Å². The number of allylic oxidation sites excluding steroid dienone is 1. The lowest BCUT2D eigenvalue weighted by molar-refractivity contribution is -0.116. The van der Waals surface area contributed by atoms with Crippen LogP contribution in [-0.4, -0.2) is 57.2 Å². The molecule has 0 aliphatic heterocycles. The molecule has 2 N–H and O–H groups in total. The van der Waals surface area contributed by atoms with Crippen LogP contribution in [0.15, 0.2) is 23.5 Å². The minimum Gasteiger partial charge on any atom is -0.380 e. The van der Waals surface area contributed by atoms with Crippen molar-refractivity contribution in [1.82, 2.24) is 25.1 Å². The Bertz CT molecular complexity index is 775. The summed E-state index contributed by atoms with van der Waals surface area (Å²) in [5, 5.41) is 12.5. The van der Waals surface area contributed by atoms with Crippen LogP contribution in [0.1, 0.15) is 27.7 Å². The molecule has 2 aromatic heterocycles. The Labute approximate surface area is 164 Å². The van der Waals surface area contributed by atoms with E-state index in [4.69, 9.17) is 4.74 Å². The van der Waals surface area contributed by atoms with Crippen LogP contribution in [0.25, 0.3) is 11.0 Å². The summed E-state index contributed by atoms with van der Waals surface area (Å²) in [6.07, 6.45) is 4.97. The van der Waals surface area contributed by atoms with Gasteiger partial charge in [0.1, 0.15) is 5.82 Å². The Morgan fingerprint density at radius 2 is 2.19 bits per heavy atom. The number of fused-ring (bicyclic) bond motifs is 1. The number of hydrogen-bond donors (Lipinski definition) is 2. The summed E-state index contributed by atoms with van der Waals surface area (Å²) in [5.74, 6) is 0.643. The maximum absolute atomic E-state index is 11.6. The molecule has 0 spiro atoms. The van der Waals surface area contributed by atoms with Crippen LogP contribution in [0.2, 0.25) is 0 Å². The van der Waals surface area contributed by atoms with E-state index in [1.54, 1.807) is 28.7 Å². The molecule has 2 rings (SSSR count). The topological polar surface area (TPSA) is 94.0 Å². The van der Waals surface area contributed by atoms with Gasteiger partial charge in [0, 0.05) is 24.9 Å². The standard InChI is InChI=1S/C18H28N6O2S/c1-5-7-15(25)19-8-10-24-17-14(12-21-24)16(20-9-11-26-6-2)22-18(23-17)27-13(3)4/h5,7,12-13H,6,8-11H2,1-4H3,(H,19,25)(H,20,22,23)/b7-5-. The molecular weight excluding hydrogens is 364 g/mol. The fourth-order valence-corrected chi connectivity index (χ4v) is 3.08. The second-order valence-corrected chi connectivity index (χ2v) is 7.58. The molecule has 2 aromatic rings. The van der Waals surface area contributed by atoms with Crippen molar-refractivity contribution < 1.29 is 9.53 Å². The zero-order valence-electron chi connectivity index (χ0n) is 16.4. The smallest absolute Gasteiger partial charge is 0.243 e. The van der Waals surface area contributed by atoms with Crippen molar-refractivity contribution in [3.63, 3.8) is 0 Å². The van der Waals surface area contributed by atoms with Gasteiger partial charge in [-0.15, -0.1) is 0 Å². The highest BCUT2D eigenvalue weighted by molar-refractivity contribution is 7.99. The van der Waals surface area contributed by atoms with Gasteiger partial charge in [-0.1, -0.05) is 31.7 Å². The van der Waals surface area contributed by atoms with Gasteiger partial charge in [-0.05, 0) is 19.9 Å². The predicted octanol–water partition coefficient (Wildman–Crippen LogP) is 2.47. The van der Waals surface area contributed by atoms with Gasteiger partial charge in [-0.3, -0.25) is 4.79 Å². The van der Waals surface area contributed by atoms with Crippen LogP contribution in [0, 0.1) is 0 Å². The molecule has 8 nitrogen and oxygen atoms in total. The minimum absolute atomic E-state index is 0.113. The first-order valence-corrected chi connectivity index (χ1v) is 10.1. The normalized spacial score (nSPS) is 11.6. The molecule has 0 saturated carbocycles. The third kappa shape index (κ3) is 6.51. The number of anilines is 1. The van der Waals surface area contributed by atoms with Gasteiger partial charge < -0.3 is 15.4 Å². The average Bonchev–Trinajstić information content (AvgIpc) is 3.01. The van der Waals surface area contributed by atoms with Gasteiger partial charge in [0.25, 0.3) is 0 Å². The SMILES string of the molecule is C/C=C\C(=O)NCCn1ncc2c(NCCOCC)nc(SC(C)C)nc21. The fraction of sp³-hybridized carbons (Fsp3) is 0.556. The number of carbonyl (C=O) groups excluding carboxylic acids is 1. The maximum Gasteiger partial charge on any atom is 0.243 e. The Kier molecular flexibility index (Phi) is 8.53. The number of rotatable bonds is 11. The van der Waals surface area contributed by atoms with Crippen molar-refractivity contribution in [3.05, 3.63) is 18.3 Å². The third-order valence-electron chi connectivity index (χ3n) is 3.50. The first kappa shape index (κ1) is 21.2. The summed E-state index contributed by atoms with van der Waals surface area (Å²) in [7, 11) is 0. The molecule has 0 aliphatic carbocycles. The Morgan fingerprint density at radius 3 is 2.89 bits per heavy atom. The van der Waals surface area contributed by atoms with Gasteiger partial charge in [0.2, 0.25) is 5.91 Å². The summed E-state index contributed by atoms with van der Waals surface area (Å²) in [5.41, 5.74) is 0.757. The number of aromatic nitrogens is 4. The minimum atomic E-state index is -0.113. The van der Waals surface area contributed by atoms with Crippen LogP contribution in [-0.2, 0) is 16.1 Å². The average molecular weight is 393 g/mol. The summed E-state index contributed by atoms with van der Waals surface area (Å²) in [4.78, 5) is 20.9. The number of amides is 1. The number of thioether (sulfide) groups is 1. The second kappa shape index (κ2) is 10.9. The number of nitrogens with one attached hydrogen (secondary N) is 2. The van der Waals surface area contributed by atoms with E-state index in [0.717, 1.165) is 16.9 Å². The molecule has 0 saturated heterocycles. The predicted molar refractivity (Wildman–Crippen MR) is 109 cm³/mol. The summed E-state index contributed by atoms with van der Waals surface area (Å²) in [6.45, 7) is 11.0. The summed E-state index contributed by atoms with van der Waals surface area (Å²) >= 11 is 1.61. The van der Waals surface area contributed by atoms with Crippen molar-refractivity contribution in [2.45, 2.75) is 44.6 Å². The van der Waals surface area contributed by atoms with Crippen molar-refractivity contribution in [3.8, 4) is 0 Å². The number of nitrogens with zero attached hydrogens (tertiary/aromatic N) is 4. The molecule has 9 heteroatoms. The summed E-state index contributed by atoms with van der Waals surface area (Å²) < 4.78 is 7.18. The molecule has 0 unspecified atom stereocenters. The molecule has 0 fully saturated rings. The van der Waals surface area contributed by atoms with Gasteiger partial charge in [0.15, 0.2) is 10.8 Å². The Hall–Kier alpha value is -2.13. The Morgan fingerprint density at radius 1 is 1.37 bits per heavy atom. The zero-order valence-corrected chi connectivity index (χ0v) is 17.2. The van der Waals surface area contributed by atoms with E-state index >= 15 is 0 Å². The lowest BCUT2D eigenvalue weighted by Crippen LogP contribution is -2.25. The van der Waals surface area contributed by atoms with Gasteiger partial charge in [0.05, 0.1) is 24.7 Å². The van der Waals surface area contributed by atoms with Gasteiger partial charge in [-0.25, -0.2) is 14.6 Å². The van der Waals surface area contributed by atoms with Crippen LogP contribution in [0.4, 0.5) is 5.82 Å². The second-order valence-electron chi connectivity index (χ2n) is 6.04. The van der Waals surface area contributed by atoms with E-state index < -0.39 is 0 Å². The first-order valence-electron chi connectivity index (χ1n) is 9.17. The molecule has 0 aliphatic rings. The number of carbonyl (C=O) groups is 1. The van der Waals surface area contributed by atoms with Gasteiger partial charge in [-0.2, -0.15) is 5.10 Å². The van der Waals surface area contributed by atoms with E-state index in [1.807, 2.05) is 13.8 Å². The summed E-state index contributed by atoms with van der Waals surface area (Å²) in [6, 6.07) is 0. The maximum atomic E-state index is 11.6. The molecule has 0 aromatic carbocycles. The third-order valence-corrected chi connectivity index (χ3v) is 4.37. The molecule has 2 heterocycles. The lowest BCUT2D eigenvalue weighted by atomic mass is 10.4. The van der Waals surface area contributed by atoms with Gasteiger partial charge >= 0.3 is 0 Å². The molecule has 0 bridgehead atoms.